The Kier molecular flexibility index (Phi) is 2.82. The van der Waals surface area contributed by atoms with Gasteiger partial charge in [-0.05, 0) is 34.7 Å². The largest absolute Gasteiger partial charge is 0.380 e. The minimum Gasteiger partial charge on any atom is -0.380 e. The zero-order valence-corrected chi connectivity index (χ0v) is 10.4. The quantitative estimate of drug-likeness (QED) is 0.892. The van der Waals surface area contributed by atoms with E-state index in [-0.39, 0.29) is 5.56 Å². The molecule has 1 aliphatic carbocycles. The van der Waals surface area contributed by atoms with Crippen molar-refractivity contribution < 1.29 is 0 Å². The number of hydrogen-bond donors (Lipinski definition) is 1. The smallest absolute Gasteiger partial charge is 0.282 e. The Morgan fingerprint density at radius 3 is 2.87 bits per heavy atom. The van der Waals surface area contributed by atoms with Gasteiger partial charge in [0.2, 0.25) is 0 Å². The van der Waals surface area contributed by atoms with Crippen LogP contribution in [0.15, 0.2) is 15.5 Å². The van der Waals surface area contributed by atoms with Crippen molar-refractivity contribution in [1.82, 2.24) is 9.78 Å². The van der Waals surface area contributed by atoms with E-state index in [0.717, 1.165) is 11.6 Å². The lowest BCUT2D eigenvalue weighted by Gasteiger charge is -2.34. The Morgan fingerprint density at radius 2 is 2.27 bits per heavy atom. The molecule has 0 aromatic carbocycles. The van der Waals surface area contributed by atoms with Crippen molar-refractivity contribution in [3.63, 3.8) is 0 Å². The minimum absolute atomic E-state index is 0.104. The molecule has 1 heterocycles. The van der Waals surface area contributed by atoms with E-state index in [1.807, 2.05) is 0 Å². The molecule has 0 unspecified atom stereocenters. The predicted molar refractivity (Wildman–Crippen MR) is 63.0 cm³/mol. The fourth-order valence-corrected chi connectivity index (χ4v) is 2.32. The van der Waals surface area contributed by atoms with Gasteiger partial charge in [0.05, 0.1) is 11.9 Å². The van der Waals surface area contributed by atoms with Crippen LogP contribution in [0, 0.1) is 5.92 Å². The zero-order chi connectivity index (χ0) is 11.0. The van der Waals surface area contributed by atoms with Crippen LogP contribution in [-0.2, 0) is 7.05 Å². The van der Waals surface area contributed by atoms with Gasteiger partial charge in [-0.3, -0.25) is 4.79 Å². The van der Waals surface area contributed by atoms with Gasteiger partial charge in [-0.1, -0.05) is 6.92 Å². The number of halogens is 1. The average molecular weight is 272 g/mol. The Hall–Kier alpha value is -0.840. The van der Waals surface area contributed by atoms with Gasteiger partial charge in [0, 0.05) is 13.1 Å². The van der Waals surface area contributed by atoms with Gasteiger partial charge in [0.15, 0.2) is 0 Å². The van der Waals surface area contributed by atoms with E-state index in [0.29, 0.717) is 10.5 Å². The van der Waals surface area contributed by atoms with E-state index in [2.05, 4.69) is 33.3 Å². The second-order valence-corrected chi connectivity index (χ2v) is 5.01. The molecule has 1 aromatic heterocycles. The molecule has 1 N–H and O–H groups in total. The first-order chi connectivity index (χ1) is 7.08. The molecule has 0 bridgehead atoms. The van der Waals surface area contributed by atoms with E-state index in [1.54, 1.807) is 13.2 Å². The first kappa shape index (κ1) is 10.7. The van der Waals surface area contributed by atoms with Crippen LogP contribution in [0.1, 0.15) is 19.8 Å². The highest BCUT2D eigenvalue weighted by molar-refractivity contribution is 9.10. The number of aromatic nitrogens is 2. The number of anilines is 1. The molecule has 5 heteroatoms. The monoisotopic (exact) mass is 271 g/mol. The molecule has 0 amide bonds. The fraction of sp³-hybridized carbons (Fsp3) is 0.600. The Labute approximate surface area is 96.8 Å². The van der Waals surface area contributed by atoms with Crippen LogP contribution in [0.5, 0.6) is 0 Å². The highest BCUT2D eigenvalue weighted by atomic mass is 79.9. The summed E-state index contributed by atoms with van der Waals surface area (Å²) in [5.41, 5.74) is 0.697. The van der Waals surface area contributed by atoms with Crippen LogP contribution in [0.3, 0.4) is 0 Å². The topological polar surface area (TPSA) is 46.9 Å². The van der Waals surface area contributed by atoms with Crippen LogP contribution < -0.4 is 10.9 Å². The summed E-state index contributed by atoms with van der Waals surface area (Å²) in [6.07, 6.45) is 4.03. The van der Waals surface area contributed by atoms with Gasteiger partial charge in [-0.2, -0.15) is 5.10 Å². The molecule has 1 saturated carbocycles. The highest BCUT2D eigenvalue weighted by Gasteiger charge is 2.25. The second-order valence-electron chi connectivity index (χ2n) is 4.22. The number of nitrogens with zero attached hydrogens (tertiary/aromatic N) is 2. The van der Waals surface area contributed by atoms with E-state index in [4.69, 9.17) is 0 Å². The lowest BCUT2D eigenvalue weighted by atomic mass is 9.82. The fourth-order valence-electron chi connectivity index (χ4n) is 1.85. The standard InChI is InChI=1S/C10H14BrN3O/c1-6-3-7(4-6)13-8-5-12-14(2)10(15)9(8)11/h5-7,13H,3-4H2,1-2H3. The SMILES string of the molecule is CC1CC(Nc2cnn(C)c(=O)c2Br)C1. The molecule has 4 nitrogen and oxygen atoms in total. The summed E-state index contributed by atoms with van der Waals surface area (Å²) in [5, 5.41) is 7.30. The molecule has 0 atom stereocenters. The second kappa shape index (κ2) is 3.96. The van der Waals surface area contributed by atoms with E-state index in [1.165, 1.54) is 17.5 Å². The van der Waals surface area contributed by atoms with Crippen molar-refractivity contribution in [3.05, 3.63) is 21.0 Å². The summed E-state index contributed by atoms with van der Waals surface area (Å²) < 4.78 is 1.89. The van der Waals surface area contributed by atoms with Crippen molar-refractivity contribution in [1.29, 1.82) is 0 Å². The van der Waals surface area contributed by atoms with Crippen molar-refractivity contribution in [2.45, 2.75) is 25.8 Å². The van der Waals surface area contributed by atoms with Gasteiger partial charge in [0.25, 0.3) is 5.56 Å². The summed E-state index contributed by atoms with van der Waals surface area (Å²) in [5.74, 6) is 0.792. The maximum absolute atomic E-state index is 11.6. The zero-order valence-electron chi connectivity index (χ0n) is 8.83. The molecule has 1 aromatic rings. The molecule has 0 saturated heterocycles. The summed E-state index contributed by atoms with van der Waals surface area (Å²) in [6.45, 7) is 2.23. The van der Waals surface area contributed by atoms with Crippen molar-refractivity contribution in [3.8, 4) is 0 Å². The van der Waals surface area contributed by atoms with Crippen molar-refractivity contribution in [2.75, 3.05) is 5.32 Å². The number of rotatable bonds is 2. The normalized spacial score (nSPS) is 24.7. The van der Waals surface area contributed by atoms with Crippen LogP contribution in [0.4, 0.5) is 5.69 Å². The van der Waals surface area contributed by atoms with Gasteiger partial charge in [-0.15, -0.1) is 0 Å². The first-order valence-corrected chi connectivity index (χ1v) is 5.85. The van der Waals surface area contributed by atoms with Gasteiger partial charge >= 0.3 is 0 Å². The third-order valence-electron chi connectivity index (χ3n) is 2.81. The number of hydrogen-bond acceptors (Lipinski definition) is 3. The summed E-state index contributed by atoms with van der Waals surface area (Å²) in [6, 6.07) is 0.491. The predicted octanol–water partition coefficient (Wildman–Crippen LogP) is 1.75. The van der Waals surface area contributed by atoms with Gasteiger partial charge < -0.3 is 5.32 Å². The van der Waals surface area contributed by atoms with E-state index >= 15 is 0 Å². The number of aryl methyl sites for hydroxylation is 1. The van der Waals surface area contributed by atoms with Crippen LogP contribution in [-0.4, -0.2) is 15.8 Å². The molecular weight excluding hydrogens is 258 g/mol. The van der Waals surface area contributed by atoms with Crippen LogP contribution in [0.25, 0.3) is 0 Å². The summed E-state index contributed by atoms with van der Waals surface area (Å²) in [4.78, 5) is 11.6. The minimum atomic E-state index is -0.104. The Bertz CT molecular complexity index is 423. The molecule has 0 spiro atoms. The van der Waals surface area contributed by atoms with Crippen LogP contribution >= 0.6 is 15.9 Å². The molecule has 0 radical (unpaired) electrons. The molecular formula is C10H14BrN3O. The van der Waals surface area contributed by atoms with Gasteiger partial charge in [0.1, 0.15) is 4.47 Å². The number of nitrogens with one attached hydrogen (secondary N) is 1. The van der Waals surface area contributed by atoms with Crippen LogP contribution in [0.2, 0.25) is 0 Å². The molecule has 0 aliphatic heterocycles. The van der Waals surface area contributed by atoms with Crippen molar-refractivity contribution >= 4 is 21.6 Å². The molecule has 15 heavy (non-hydrogen) atoms. The van der Waals surface area contributed by atoms with E-state index < -0.39 is 0 Å². The summed E-state index contributed by atoms with van der Waals surface area (Å²) in [7, 11) is 1.64. The Morgan fingerprint density at radius 1 is 1.60 bits per heavy atom. The van der Waals surface area contributed by atoms with E-state index in [9.17, 15) is 4.79 Å². The lowest BCUT2D eigenvalue weighted by Crippen LogP contribution is -2.34. The summed E-state index contributed by atoms with van der Waals surface area (Å²) >= 11 is 3.29. The third-order valence-corrected chi connectivity index (χ3v) is 3.58. The average Bonchev–Trinajstić information content (AvgIpc) is 2.16. The third kappa shape index (κ3) is 2.07. The maximum Gasteiger partial charge on any atom is 0.282 e. The first-order valence-electron chi connectivity index (χ1n) is 5.06. The molecule has 2 rings (SSSR count). The molecule has 1 aliphatic rings. The molecule has 82 valence electrons. The van der Waals surface area contributed by atoms with Crippen molar-refractivity contribution in [2.24, 2.45) is 13.0 Å². The lowest BCUT2D eigenvalue weighted by molar-refractivity contribution is 0.309. The highest BCUT2D eigenvalue weighted by Crippen LogP contribution is 2.30. The molecule has 1 fully saturated rings. The Balaban J connectivity index is 2.15. The van der Waals surface area contributed by atoms with Gasteiger partial charge in [-0.25, -0.2) is 4.68 Å². The maximum atomic E-state index is 11.6.